The number of pyridine rings is 1. The van der Waals surface area contributed by atoms with Gasteiger partial charge in [-0.1, -0.05) is 12.1 Å². The maximum Gasteiger partial charge on any atom is 0.278 e. The molecule has 8 nitrogen and oxygen atoms in total. The highest BCUT2D eigenvalue weighted by molar-refractivity contribution is 6.04. The first-order chi connectivity index (χ1) is 18.3. The van der Waals surface area contributed by atoms with Gasteiger partial charge < -0.3 is 15.2 Å². The average Bonchev–Trinajstić information content (AvgIpc) is 2.87. The molecule has 39 heavy (non-hydrogen) atoms. The van der Waals surface area contributed by atoms with Crippen molar-refractivity contribution in [2.45, 2.75) is 37.8 Å². The van der Waals surface area contributed by atoms with Gasteiger partial charge >= 0.3 is 0 Å². The molecule has 0 aliphatic carbocycles. The number of ether oxygens (including phenoxy) is 1. The number of carbonyl (C=O) groups excluding carboxylic acids is 1. The summed E-state index contributed by atoms with van der Waals surface area (Å²) in [7, 11) is 0. The fraction of sp³-hybridized carbons (Fsp3) is 0.304. The number of aliphatic hydroxyl groups is 1. The number of hydrogen-bond acceptors (Lipinski definition) is 6. The van der Waals surface area contributed by atoms with Crippen LogP contribution < -0.4 is 15.5 Å². The number of nitrogens with one attached hydrogen (secondary N) is 1. The highest BCUT2D eigenvalue weighted by Gasteiger charge is 2.50. The van der Waals surface area contributed by atoms with Gasteiger partial charge in [-0.2, -0.15) is 5.10 Å². The zero-order valence-corrected chi connectivity index (χ0v) is 19.4. The molecule has 0 aliphatic heterocycles. The number of benzene rings is 1. The lowest BCUT2D eigenvalue weighted by molar-refractivity contribution is -0.185. The minimum atomic E-state index is -3.90. The molecule has 1 aromatic carbocycles. The molecule has 0 bridgehead atoms. The second-order valence-corrected chi connectivity index (χ2v) is 7.84. The van der Waals surface area contributed by atoms with E-state index in [9.17, 15) is 49.8 Å². The van der Waals surface area contributed by atoms with Crippen LogP contribution in [0.2, 0.25) is 0 Å². The third kappa shape index (κ3) is 6.68. The molecular formula is C23H18F8N4O4. The van der Waals surface area contributed by atoms with Gasteiger partial charge in [0.05, 0.1) is 17.6 Å². The highest BCUT2D eigenvalue weighted by Crippen LogP contribution is 2.34. The first kappa shape index (κ1) is 29.5. The summed E-state index contributed by atoms with van der Waals surface area (Å²) in [4.78, 5) is 29.3. The molecule has 2 heterocycles. The van der Waals surface area contributed by atoms with Crippen molar-refractivity contribution in [3.8, 4) is 17.0 Å². The Morgan fingerprint density at radius 1 is 1.00 bits per heavy atom. The predicted octanol–water partition coefficient (Wildman–Crippen LogP) is 4.18. The van der Waals surface area contributed by atoms with E-state index in [1.165, 1.54) is 24.3 Å². The van der Waals surface area contributed by atoms with Crippen LogP contribution in [0.15, 0.2) is 53.6 Å². The van der Waals surface area contributed by atoms with Crippen molar-refractivity contribution < 1.29 is 49.8 Å². The number of nitrogens with zero attached hydrogens (tertiary/aromatic N) is 3. The topological polar surface area (TPSA) is 106 Å². The van der Waals surface area contributed by atoms with Gasteiger partial charge in [0.1, 0.15) is 30.2 Å². The van der Waals surface area contributed by atoms with Crippen LogP contribution in [0.3, 0.4) is 0 Å². The van der Waals surface area contributed by atoms with Crippen LogP contribution in [-0.4, -0.2) is 58.1 Å². The number of aromatic nitrogens is 3. The zero-order chi connectivity index (χ0) is 28.9. The fourth-order valence-electron chi connectivity index (χ4n) is 3.27. The third-order valence-electron chi connectivity index (χ3n) is 5.14. The van der Waals surface area contributed by atoms with E-state index in [1.807, 2.05) is 0 Å². The lowest BCUT2D eigenvalue weighted by Gasteiger charge is -2.25. The number of halogens is 8. The van der Waals surface area contributed by atoms with E-state index < -0.39 is 72.7 Å². The zero-order valence-electron chi connectivity index (χ0n) is 19.4. The molecular weight excluding hydrogens is 548 g/mol. The van der Waals surface area contributed by atoms with Crippen molar-refractivity contribution in [1.82, 2.24) is 14.8 Å². The molecule has 210 valence electrons. The maximum atomic E-state index is 13.1. The van der Waals surface area contributed by atoms with Crippen molar-refractivity contribution in [2.75, 3.05) is 11.9 Å². The van der Waals surface area contributed by atoms with Gasteiger partial charge in [0.15, 0.2) is 0 Å². The monoisotopic (exact) mass is 566 g/mol. The molecule has 0 spiro atoms. The Bertz CT molecular complexity index is 1340. The lowest BCUT2D eigenvalue weighted by atomic mass is 10.0. The van der Waals surface area contributed by atoms with Crippen LogP contribution in [-0.2, 0) is 12.1 Å². The number of anilines is 1. The Morgan fingerprint density at radius 3 is 2.23 bits per heavy atom. The van der Waals surface area contributed by atoms with Crippen LogP contribution in [0, 0.1) is 0 Å². The summed E-state index contributed by atoms with van der Waals surface area (Å²) in [6, 6.07) is 6.65. The van der Waals surface area contributed by atoms with E-state index in [4.69, 9.17) is 4.74 Å². The SMILES string of the molecule is O=C(Nc1ccc(C(O)(C(F)F)C(F)F)nc1)c1cn(CC(F)F)nc(-c2ccccc2OCC(F)F)c1=O. The summed E-state index contributed by atoms with van der Waals surface area (Å²) < 4.78 is 109. The van der Waals surface area contributed by atoms with Crippen LogP contribution >= 0.6 is 0 Å². The number of para-hydroxylation sites is 1. The Hall–Kier alpha value is -4.08. The van der Waals surface area contributed by atoms with E-state index in [-0.39, 0.29) is 17.0 Å². The lowest BCUT2D eigenvalue weighted by Crippen LogP contribution is -2.42. The normalized spacial score (nSPS) is 12.0. The molecule has 0 radical (unpaired) electrons. The minimum Gasteiger partial charge on any atom is -0.487 e. The Morgan fingerprint density at radius 2 is 1.67 bits per heavy atom. The minimum absolute atomic E-state index is 0.176. The molecule has 0 aliphatic rings. The molecule has 0 saturated carbocycles. The van der Waals surface area contributed by atoms with E-state index >= 15 is 0 Å². The highest BCUT2D eigenvalue weighted by atomic mass is 19.3. The van der Waals surface area contributed by atoms with Gasteiger partial charge in [-0.25, -0.2) is 35.1 Å². The first-order valence-corrected chi connectivity index (χ1v) is 10.8. The summed E-state index contributed by atoms with van der Waals surface area (Å²) in [5, 5.41) is 15.6. The van der Waals surface area contributed by atoms with Gasteiger partial charge in [-0.3, -0.25) is 19.3 Å². The molecule has 3 rings (SSSR count). The van der Waals surface area contributed by atoms with Crippen molar-refractivity contribution in [3.05, 3.63) is 70.3 Å². The second kappa shape index (κ2) is 12.2. The number of hydrogen-bond donors (Lipinski definition) is 2. The predicted molar refractivity (Wildman–Crippen MR) is 120 cm³/mol. The number of alkyl halides is 8. The Labute approximate surface area is 213 Å². The number of carbonyl (C=O) groups is 1. The van der Waals surface area contributed by atoms with Crippen LogP contribution in [0.4, 0.5) is 40.8 Å². The van der Waals surface area contributed by atoms with Gasteiger partial charge in [0, 0.05) is 11.8 Å². The summed E-state index contributed by atoms with van der Waals surface area (Å²) >= 11 is 0. The quantitative estimate of drug-likeness (QED) is 0.338. The largest absolute Gasteiger partial charge is 0.487 e. The van der Waals surface area contributed by atoms with Gasteiger partial charge in [0.25, 0.3) is 31.6 Å². The Balaban J connectivity index is 2.00. The van der Waals surface area contributed by atoms with Crippen molar-refractivity contribution in [1.29, 1.82) is 0 Å². The molecule has 16 heteroatoms. The van der Waals surface area contributed by atoms with E-state index in [0.717, 1.165) is 6.07 Å². The molecule has 0 unspecified atom stereocenters. The summed E-state index contributed by atoms with van der Waals surface area (Å²) in [5.41, 5.74) is -7.90. The maximum absolute atomic E-state index is 13.1. The smallest absolute Gasteiger partial charge is 0.278 e. The summed E-state index contributed by atoms with van der Waals surface area (Å²) in [6.45, 7) is -2.12. The van der Waals surface area contributed by atoms with E-state index in [1.54, 1.807) is 0 Å². The molecule has 2 N–H and O–H groups in total. The molecule has 3 aromatic rings. The number of amides is 1. The van der Waals surface area contributed by atoms with Gasteiger partial charge in [0.2, 0.25) is 11.0 Å². The van der Waals surface area contributed by atoms with Gasteiger partial charge in [-0.15, -0.1) is 0 Å². The summed E-state index contributed by atoms with van der Waals surface area (Å²) in [6.07, 6.45) is -12.3. The molecule has 0 fully saturated rings. The molecule has 1 amide bonds. The fourth-order valence-corrected chi connectivity index (χ4v) is 3.27. The van der Waals surface area contributed by atoms with E-state index in [2.05, 4.69) is 15.4 Å². The van der Waals surface area contributed by atoms with Crippen molar-refractivity contribution in [2.24, 2.45) is 0 Å². The van der Waals surface area contributed by atoms with Gasteiger partial charge in [-0.05, 0) is 24.3 Å². The van der Waals surface area contributed by atoms with Crippen molar-refractivity contribution >= 4 is 11.6 Å². The molecule has 0 saturated heterocycles. The Kier molecular flexibility index (Phi) is 9.21. The third-order valence-corrected chi connectivity index (χ3v) is 5.14. The second-order valence-electron chi connectivity index (χ2n) is 7.84. The van der Waals surface area contributed by atoms with Crippen molar-refractivity contribution in [3.63, 3.8) is 0 Å². The van der Waals surface area contributed by atoms with Crippen LogP contribution in [0.25, 0.3) is 11.3 Å². The van der Waals surface area contributed by atoms with Crippen LogP contribution in [0.1, 0.15) is 16.1 Å². The standard InChI is InChI=1S/C23H18F8N4O4/c24-16(25)9-35-8-13(19(36)18(34-35)12-3-1-2-4-14(12)39-10-17(26)27)20(37)33-11-5-6-15(32-7-11)23(38,21(28)29)22(30)31/h1-8,16-17,21-22,38H,9-10H2,(H,33,37). The first-order valence-electron chi connectivity index (χ1n) is 10.8. The molecule has 0 atom stereocenters. The molecule has 2 aromatic heterocycles. The number of rotatable bonds is 11. The van der Waals surface area contributed by atoms with Crippen LogP contribution in [0.5, 0.6) is 5.75 Å². The van der Waals surface area contributed by atoms with E-state index in [0.29, 0.717) is 23.1 Å². The average molecular weight is 566 g/mol. The summed E-state index contributed by atoms with van der Waals surface area (Å²) in [5.74, 6) is -1.46.